The van der Waals surface area contributed by atoms with E-state index in [9.17, 15) is 13.2 Å². The van der Waals surface area contributed by atoms with Crippen LogP contribution in [0.1, 0.15) is 29.1 Å². The highest BCUT2D eigenvalue weighted by molar-refractivity contribution is 7.94. The van der Waals surface area contributed by atoms with Crippen LogP contribution in [0.4, 0.5) is 5.69 Å². The average molecular weight is 419 g/mol. The zero-order valence-corrected chi connectivity index (χ0v) is 16.7. The smallest absolute Gasteiger partial charge is 0.316 e. The quantitative estimate of drug-likeness (QED) is 0.682. The Morgan fingerprint density at radius 3 is 2.64 bits per heavy atom. The molecule has 4 rings (SSSR count). The minimum atomic E-state index is -3.73. The number of hydrogen-bond acceptors (Lipinski definition) is 7. The van der Waals surface area contributed by atoms with E-state index in [4.69, 9.17) is 4.52 Å². The van der Waals surface area contributed by atoms with Crippen molar-refractivity contribution in [3.8, 4) is 11.4 Å². The number of aryl methyl sites for hydroxylation is 1. The van der Waals surface area contributed by atoms with E-state index in [2.05, 4.69) is 14.9 Å². The fourth-order valence-electron chi connectivity index (χ4n) is 2.88. The second-order valence-corrected chi connectivity index (χ2v) is 9.37. The van der Waals surface area contributed by atoms with Gasteiger partial charge < -0.3 is 9.42 Å². The Labute approximate surface area is 166 Å². The summed E-state index contributed by atoms with van der Waals surface area (Å²) in [6, 6.07) is 8.54. The monoisotopic (exact) mass is 418 g/mol. The molecule has 1 saturated heterocycles. The van der Waals surface area contributed by atoms with E-state index in [-0.39, 0.29) is 21.8 Å². The molecule has 0 bridgehead atoms. The van der Waals surface area contributed by atoms with Crippen LogP contribution in [0.3, 0.4) is 0 Å². The predicted octanol–water partition coefficient (Wildman–Crippen LogP) is 3.14. The number of carbonyl (C=O) groups is 1. The minimum absolute atomic E-state index is 0.0784. The summed E-state index contributed by atoms with van der Waals surface area (Å²) in [5.41, 5.74) is 2.01. The van der Waals surface area contributed by atoms with Crippen molar-refractivity contribution in [2.24, 2.45) is 0 Å². The zero-order valence-electron chi connectivity index (χ0n) is 15.1. The summed E-state index contributed by atoms with van der Waals surface area (Å²) >= 11 is 1.05. The molecule has 1 N–H and O–H groups in total. The number of amides is 1. The van der Waals surface area contributed by atoms with Gasteiger partial charge >= 0.3 is 11.8 Å². The summed E-state index contributed by atoms with van der Waals surface area (Å²) in [6.07, 6.45) is 1.93. The summed E-state index contributed by atoms with van der Waals surface area (Å²) in [7, 11) is -3.73. The van der Waals surface area contributed by atoms with Crippen molar-refractivity contribution in [2.45, 2.75) is 24.0 Å². The average Bonchev–Trinajstić information content (AvgIpc) is 3.42. The standard InChI is InChI=1S/C18H18N4O4S2/c1-12-4-6-14(7-5-12)21-28(24,25)15-10-13(11-27-15)16-19-17(26-20-16)18(23)22-8-2-3-9-22/h4-7,10-11,21H,2-3,8-9H2,1H3. The van der Waals surface area contributed by atoms with Crippen LogP contribution in [-0.4, -0.2) is 42.5 Å². The number of thiophene rings is 1. The van der Waals surface area contributed by atoms with E-state index in [0.29, 0.717) is 24.3 Å². The maximum Gasteiger partial charge on any atom is 0.316 e. The van der Waals surface area contributed by atoms with Crippen molar-refractivity contribution >= 4 is 33.0 Å². The number of aromatic nitrogens is 2. The van der Waals surface area contributed by atoms with Gasteiger partial charge in [-0.3, -0.25) is 9.52 Å². The number of carbonyl (C=O) groups excluding carboxylic acids is 1. The summed E-state index contributed by atoms with van der Waals surface area (Å²) < 4.78 is 32.9. The molecule has 8 nitrogen and oxygen atoms in total. The van der Waals surface area contributed by atoms with Gasteiger partial charge in [-0.1, -0.05) is 22.9 Å². The Morgan fingerprint density at radius 2 is 1.93 bits per heavy atom. The number of nitrogens with one attached hydrogen (secondary N) is 1. The van der Waals surface area contributed by atoms with Crippen molar-refractivity contribution in [1.82, 2.24) is 15.0 Å². The van der Waals surface area contributed by atoms with Crippen LogP contribution in [-0.2, 0) is 10.0 Å². The number of nitrogens with zero attached hydrogens (tertiary/aromatic N) is 3. The molecule has 0 spiro atoms. The van der Waals surface area contributed by atoms with Crippen LogP contribution in [0.25, 0.3) is 11.4 Å². The first-order chi connectivity index (χ1) is 13.4. The molecule has 1 aliphatic heterocycles. The molecular weight excluding hydrogens is 400 g/mol. The number of sulfonamides is 1. The van der Waals surface area contributed by atoms with Crippen molar-refractivity contribution < 1.29 is 17.7 Å². The predicted molar refractivity (Wildman–Crippen MR) is 105 cm³/mol. The molecule has 3 heterocycles. The fraction of sp³-hybridized carbons (Fsp3) is 0.278. The van der Waals surface area contributed by atoms with Gasteiger partial charge in [0.25, 0.3) is 10.0 Å². The number of rotatable bonds is 5. The maximum absolute atomic E-state index is 12.6. The van der Waals surface area contributed by atoms with E-state index in [1.165, 1.54) is 6.07 Å². The minimum Gasteiger partial charge on any atom is -0.334 e. The third-order valence-electron chi connectivity index (χ3n) is 4.40. The van der Waals surface area contributed by atoms with E-state index < -0.39 is 10.0 Å². The van der Waals surface area contributed by atoms with Gasteiger partial charge in [0.15, 0.2) is 0 Å². The molecule has 1 amide bonds. The van der Waals surface area contributed by atoms with Gasteiger partial charge in [0.2, 0.25) is 5.82 Å². The van der Waals surface area contributed by atoms with Crippen LogP contribution in [0.15, 0.2) is 44.4 Å². The van der Waals surface area contributed by atoms with Crippen LogP contribution >= 0.6 is 11.3 Å². The third-order valence-corrected chi connectivity index (χ3v) is 7.23. The molecule has 2 aromatic heterocycles. The summed E-state index contributed by atoms with van der Waals surface area (Å²) in [5, 5.41) is 5.45. The molecule has 0 saturated carbocycles. The topological polar surface area (TPSA) is 105 Å². The lowest BCUT2D eigenvalue weighted by Gasteiger charge is -2.10. The Balaban J connectivity index is 1.52. The zero-order chi connectivity index (χ0) is 19.7. The van der Waals surface area contributed by atoms with Gasteiger partial charge in [0.05, 0.1) is 0 Å². The molecule has 0 unspecified atom stereocenters. The summed E-state index contributed by atoms with van der Waals surface area (Å²) in [4.78, 5) is 18.1. The van der Waals surface area contributed by atoms with Gasteiger partial charge in [-0.25, -0.2) is 8.42 Å². The van der Waals surface area contributed by atoms with Crippen molar-refractivity contribution in [2.75, 3.05) is 17.8 Å². The SMILES string of the molecule is Cc1ccc(NS(=O)(=O)c2cc(-c3noc(C(=O)N4CCCC4)n3)cs2)cc1. The van der Waals surface area contributed by atoms with Gasteiger partial charge in [0, 0.05) is 29.7 Å². The third kappa shape index (κ3) is 3.78. The lowest BCUT2D eigenvalue weighted by atomic mass is 10.2. The first-order valence-corrected chi connectivity index (χ1v) is 11.1. The van der Waals surface area contributed by atoms with Gasteiger partial charge in [0.1, 0.15) is 4.21 Å². The van der Waals surface area contributed by atoms with Gasteiger partial charge in [-0.2, -0.15) is 4.98 Å². The number of benzene rings is 1. The van der Waals surface area contributed by atoms with E-state index >= 15 is 0 Å². The highest BCUT2D eigenvalue weighted by atomic mass is 32.2. The van der Waals surface area contributed by atoms with Crippen molar-refractivity contribution in [3.05, 3.63) is 47.2 Å². The number of likely N-dealkylation sites (tertiary alicyclic amines) is 1. The molecule has 0 atom stereocenters. The number of hydrogen-bond donors (Lipinski definition) is 1. The molecule has 10 heteroatoms. The summed E-state index contributed by atoms with van der Waals surface area (Å²) in [5.74, 6) is -0.179. The maximum atomic E-state index is 12.6. The van der Waals surface area contributed by atoms with Gasteiger partial charge in [-0.05, 0) is 38.0 Å². The van der Waals surface area contributed by atoms with Crippen LogP contribution in [0, 0.1) is 6.92 Å². The van der Waals surface area contributed by atoms with Crippen molar-refractivity contribution in [1.29, 1.82) is 0 Å². The first kappa shape index (κ1) is 18.6. The number of anilines is 1. The van der Waals surface area contributed by atoms with Crippen LogP contribution in [0.2, 0.25) is 0 Å². The highest BCUT2D eigenvalue weighted by Gasteiger charge is 2.26. The summed E-state index contributed by atoms with van der Waals surface area (Å²) in [6.45, 7) is 3.29. The highest BCUT2D eigenvalue weighted by Crippen LogP contribution is 2.28. The Bertz CT molecular complexity index is 1100. The molecule has 1 aromatic carbocycles. The van der Waals surface area contributed by atoms with E-state index in [1.807, 2.05) is 19.1 Å². The van der Waals surface area contributed by atoms with E-state index in [0.717, 1.165) is 29.7 Å². The molecule has 0 aliphatic carbocycles. The van der Waals surface area contributed by atoms with Gasteiger partial charge in [-0.15, -0.1) is 11.3 Å². The molecule has 1 fully saturated rings. The van der Waals surface area contributed by atoms with Crippen LogP contribution < -0.4 is 4.72 Å². The Morgan fingerprint density at radius 1 is 1.21 bits per heavy atom. The molecule has 0 radical (unpaired) electrons. The lowest BCUT2D eigenvalue weighted by molar-refractivity contribution is 0.0743. The molecule has 1 aliphatic rings. The molecule has 3 aromatic rings. The molecule has 28 heavy (non-hydrogen) atoms. The largest absolute Gasteiger partial charge is 0.334 e. The second kappa shape index (κ2) is 7.36. The van der Waals surface area contributed by atoms with Crippen molar-refractivity contribution in [3.63, 3.8) is 0 Å². The fourth-order valence-corrected chi connectivity index (χ4v) is 5.10. The first-order valence-electron chi connectivity index (χ1n) is 8.74. The second-order valence-electron chi connectivity index (χ2n) is 6.55. The normalized spacial score (nSPS) is 14.4. The molecule has 146 valence electrons. The molecular formula is C18H18N4O4S2. The van der Waals surface area contributed by atoms with Crippen LogP contribution in [0.5, 0.6) is 0 Å². The Kier molecular flexibility index (Phi) is 4.90. The van der Waals surface area contributed by atoms with E-state index in [1.54, 1.807) is 22.4 Å². The Hall–Kier alpha value is -2.72. The lowest BCUT2D eigenvalue weighted by Crippen LogP contribution is -2.27.